The first-order chi connectivity index (χ1) is 5.94. The minimum absolute atomic E-state index is 0.0744. The molecule has 0 aromatic carbocycles. The number of ether oxygens (including phenoxy) is 1. The lowest BCUT2D eigenvalue weighted by Gasteiger charge is -2.21. The monoisotopic (exact) mass is 185 g/mol. The van der Waals surface area contributed by atoms with Crippen LogP contribution in [-0.4, -0.2) is 36.4 Å². The van der Waals surface area contributed by atoms with Gasteiger partial charge in [0.2, 0.25) is 0 Å². The fourth-order valence-corrected chi connectivity index (χ4v) is 0.703. The van der Waals surface area contributed by atoms with Crippen LogP contribution >= 0.6 is 0 Å². The van der Waals surface area contributed by atoms with E-state index in [4.69, 9.17) is 6.42 Å². The molecule has 0 aliphatic rings. The highest BCUT2D eigenvalue weighted by molar-refractivity contribution is 5.78. The van der Waals surface area contributed by atoms with Gasteiger partial charge in [0.1, 0.15) is 0 Å². The Hall–Kier alpha value is -1.05. The van der Waals surface area contributed by atoms with Gasteiger partial charge in [-0.1, -0.05) is 5.92 Å². The first-order valence-electron chi connectivity index (χ1n) is 3.94. The lowest BCUT2D eigenvalue weighted by Crippen LogP contribution is -2.47. The maximum Gasteiger partial charge on any atom is 0.338 e. The molecule has 0 aliphatic carbocycles. The van der Waals surface area contributed by atoms with Crippen molar-refractivity contribution in [2.75, 3.05) is 13.7 Å². The third-order valence-electron chi connectivity index (χ3n) is 1.63. The SMILES string of the molecule is C#CC(C)NCC(C)(O)C(=O)OC. The molecule has 0 saturated carbocycles. The highest BCUT2D eigenvalue weighted by atomic mass is 16.5. The predicted octanol–water partition coefficient (Wildman–Crippen LogP) is -0.478. The summed E-state index contributed by atoms with van der Waals surface area (Å²) in [7, 11) is 1.22. The first kappa shape index (κ1) is 11.9. The minimum Gasteiger partial charge on any atom is -0.467 e. The summed E-state index contributed by atoms with van der Waals surface area (Å²) >= 11 is 0. The number of carbonyl (C=O) groups is 1. The van der Waals surface area contributed by atoms with Crippen LogP contribution in [0.25, 0.3) is 0 Å². The van der Waals surface area contributed by atoms with Gasteiger partial charge in [0.15, 0.2) is 5.60 Å². The Bertz CT molecular complexity index is 217. The Morgan fingerprint density at radius 3 is 2.77 bits per heavy atom. The molecule has 0 heterocycles. The second-order valence-electron chi connectivity index (χ2n) is 3.03. The molecule has 0 fully saturated rings. The second kappa shape index (κ2) is 4.85. The number of rotatable bonds is 4. The molecule has 4 heteroatoms. The normalized spacial score (nSPS) is 16.8. The molecule has 0 aliphatic heterocycles. The molecule has 2 N–H and O–H groups in total. The Morgan fingerprint density at radius 2 is 2.38 bits per heavy atom. The van der Waals surface area contributed by atoms with Gasteiger partial charge >= 0.3 is 5.97 Å². The molecule has 13 heavy (non-hydrogen) atoms. The quantitative estimate of drug-likeness (QED) is 0.459. The van der Waals surface area contributed by atoms with Crippen LogP contribution < -0.4 is 5.32 Å². The molecule has 2 unspecified atom stereocenters. The summed E-state index contributed by atoms with van der Waals surface area (Å²) in [5.41, 5.74) is -1.53. The van der Waals surface area contributed by atoms with Crippen molar-refractivity contribution in [1.82, 2.24) is 5.32 Å². The topological polar surface area (TPSA) is 58.6 Å². The first-order valence-corrected chi connectivity index (χ1v) is 3.94. The Labute approximate surface area is 78.3 Å². The van der Waals surface area contributed by atoms with Crippen molar-refractivity contribution in [3.63, 3.8) is 0 Å². The van der Waals surface area contributed by atoms with E-state index in [-0.39, 0.29) is 12.6 Å². The standard InChI is InChI=1S/C9H15NO3/c1-5-7(2)10-6-9(3,12)8(11)13-4/h1,7,10,12H,6H2,2-4H3. The molecule has 0 bridgehead atoms. The van der Waals surface area contributed by atoms with Crippen LogP contribution in [0.5, 0.6) is 0 Å². The number of methoxy groups -OCH3 is 1. The number of nitrogens with one attached hydrogen (secondary N) is 1. The summed E-state index contributed by atoms with van der Waals surface area (Å²) < 4.78 is 4.40. The molecule has 0 amide bonds. The van der Waals surface area contributed by atoms with Crippen molar-refractivity contribution in [2.45, 2.75) is 25.5 Å². The van der Waals surface area contributed by atoms with Crippen LogP contribution in [0.1, 0.15) is 13.8 Å². The summed E-state index contributed by atoms with van der Waals surface area (Å²) in [6, 6.07) is -0.184. The number of aliphatic hydroxyl groups is 1. The molecule has 2 atom stereocenters. The predicted molar refractivity (Wildman–Crippen MR) is 48.9 cm³/mol. The van der Waals surface area contributed by atoms with E-state index < -0.39 is 11.6 Å². The van der Waals surface area contributed by atoms with Crippen LogP contribution in [0.3, 0.4) is 0 Å². The zero-order chi connectivity index (χ0) is 10.5. The summed E-state index contributed by atoms with van der Waals surface area (Å²) in [4.78, 5) is 11.0. The van der Waals surface area contributed by atoms with Gasteiger partial charge < -0.3 is 15.2 Å². The van der Waals surface area contributed by atoms with E-state index in [1.807, 2.05) is 0 Å². The summed E-state index contributed by atoms with van der Waals surface area (Å²) in [5.74, 6) is 1.74. The van der Waals surface area contributed by atoms with E-state index in [1.165, 1.54) is 14.0 Å². The maximum atomic E-state index is 11.0. The molecule has 0 spiro atoms. The average molecular weight is 185 g/mol. The Balaban J connectivity index is 4.04. The highest BCUT2D eigenvalue weighted by Crippen LogP contribution is 2.03. The largest absolute Gasteiger partial charge is 0.467 e. The van der Waals surface area contributed by atoms with Gasteiger partial charge in [-0.2, -0.15) is 0 Å². The number of terminal acetylenes is 1. The van der Waals surface area contributed by atoms with Crippen molar-refractivity contribution in [3.8, 4) is 12.3 Å². The van der Waals surface area contributed by atoms with Crippen LogP contribution in [0.2, 0.25) is 0 Å². The van der Waals surface area contributed by atoms with Crippen molar-refractivity contribution >= 4 is 5.97 Å². The van der Waals surface area contributed by atoms with E-state index in [2.05, 4.69) is 16.0 Å². The molecule has 4 nitrogen and oxygen atoms in total. The minimum atomic E-state index is -1.53. The number of esters is 1. The lowest BCUT2D eigenvalue weighted by atomic mass is 10.1. The molecule has 0 radical (unpaired) electrons. The van der Waals surface area contributed by atoms with Crippen molar-refractivity contribution in [3.05, 3.63) is 0 Å². The number of hydrogen-bond acceptors (Lipinski definition) is 4. The van der Waals surface area contributed by atoms with Gasteiger partial charge in [-0.3, -0.25) is 0 Å². The van der Waals surface area contributed by atoms with Crippen LogP contribution in [0.4, 0.5) is 0 Å². The van der Waals surface area contributed by atoms with Gasteiger partial charge in [0, 0.05) is 6.54 Å². The second-order valence-corrected chi connectivity index (χ2v) is 3.03. The summed E-state index contributed by atoms with van der Waals surface area (Å²) in [6.07, 6.45) is 5.10. The van der Waals surface area contributed by atoms with Crippen molar-refractivity contribution in [2.24, 2.45) is 0 Å². The molecule has 0 saturated heterocycles. The van der Waals surface area contributed by atoms with Crippen molar-refractivity contribution in [1.29, 1.82) is 0 Å². The van der Waals surface area contributed by atoms with Crippen molar-refractivity contribution < 1.29 is 14.6 Å². The molecule has 0 rings (SSSR count). The number of hydrogen-bond donors (Lipinski definition) is 2. The Morgan fingerprint density at radius 1 is 1.85 bits per heavy atom. The maximum absolute atomic E-state index is 11.0. The average Bonchev–Trinajstić information content (AvgIpc) is 2.12. The Kier molecular flexibility index (Phi) is 4.46. The third kappa shape index (κ3) is 3.92. The fraction of sp³-hybridized carbons (Fsp3) is 0.667. The van der Waals surface area contributed by atoms with Crippen LogP contribution in [0.15, 0.2) is 0 Å². The van der Waals surface area contributed by atoms with Gasteiger partial charge in [0.05, 0.1) is 13.2 Å². The van der Waals surface area contributed by atoms with Gasteiger partial charge in [0.25, 0.3) is 0 Å². The van der Waals surface area contributed by atoms with E-state index in [0.29, 0.717) is 0 Å². The molecule has 0 aromatic rings. The van der Waals surface area contributed by atoms with E-state index >= 15 is 0 Å². The highest BCUT2D eigenvalue weighted by Gasteiger charge is 2.31. The molecule has 74 valence electrons. The molecular formula is C9H15NO3. The fourth-order valence-electron chi connectivity index (χ4n) is 0.703. The van der Waals surface area contributed by atoms with Gasteiger partial charge in [-0.25, -0.2) is 4.79 Å². The summed E-state index contributed by atoms with van der Waals surface area (Å²) in [6.45, 7) is 3.20. The zero-order valence-electron chi connectivity index (χ0n) is 8.13. The smallest absolute Gasteiger partial charge is 0.338 e. The van der Waals surface area contributed by atoms with Crippen LogP contribution in [0, 0.1) is 12.3 Å². The number of carbonyl (C=O) groups excluding carboxylic acids is 1. The lowest BCUT2D eigenvalue weighted by molar-refractivity contribution is -0.159. The van der Waals surface area contributed by atoms with E-state index in [9.17, 15) is 9.90 Å². The molecule has 0 aromatic heterocycles. The zero-order valence-corrected chi connectivity index (χ0v) is 8.13. The van der Waals surface area contributed by atoms with E-state index in [1.54, 1.807) is 6.92 Å². The molecular weight excluding hydrogens is 170 g/mol. The van der Waals surface area contributed by atoms with E-state index in [0.717, 1.165) is 0 Å². The van der Waals surface area contributed by atoms with Gasteiger partial charge in [-0.15, -0.1) is 6.42 Å². The van der Waals surface area contributed by atoms with Gasteiger partial charge in [-0.05, 0) is 13.8 Å². The third-order valence-corrected chi connectivity index (χ3v) is 1.63. The van der Waals surface area contributed by atoms with Crippen LogP contribution in [-0.2, 0) is 9.53 Å². The summed E-state index contributed by atoms with van der Waals surface area (Å²) in [5, 5.41) is 12.3.